The third-order valence-electron chi connectivity index (χ3n) is 3.03. The molecule has 2 nitrogen and oxygen atoms in total. The Morgan fingerprint density at radius 2 is 2.31 bits per heavy atom. The number of nitrogens with one attached hydrogen (secondary N) is 2. The topological polar surface area (TPSA) is 24.1 Å². The standard InChI is InChI=1S/C13H19FN2/c1-9(2)16-8-10-5-6-15-13-4-3-11(14)7-12(10)13/h3-4,7,9-10,15-16H,5-6,8H2,1-2H3. The van der Waals surface area contributed by atoms with E-state index in [1.807, 2.05) is 6.07 Å². The number of fused-ring (bicyclic) bond motifs is 1. The number of hydrogen-bond donors (Lipinski definition) is 2. The second-order valence-electron chi connectivity index (χ2n) is 4.71. The smallest absolute Gasteiger partial charge is 0.123 e. The van der Waals surface area contributed by atoms with Crippen molar-refractivity contribution < 1.29 is 4.39 Å². The molecule has 0 spiro atoms. The fourth-order valence-electron chi connectivity index (χ4n) is 2.16. The molecule has 0 saturated heterocycles. The van der Waals surface area contributed by atoms with Crippen LogP contribution < -0.4 is 10.6 Å². The van der Waals surface area contributed by atoms with E-state index in [0.717, 1.165) is 30.8 Å². The lowest BCUT2D eigenvalue weighted by atomic mass is 9.90. The van der Waals surface area contributed by atoms with Crippen LogP contribution in [0.2, 0.25) is 0 Å². The van der Waals surface area contributed by atoms with E-state index in [1.54, 1.807) is 6.07 Å². The first-order valence-corrected chi connectivity index (χ1v) is 5.93. The molecule has 0 aliphatic carbocycles. The molecule has 0 bridgehead atoms. The minimum atomic E-state index is -0.142. The van der Waals surface area contributed by atoms with E-state index in [2.05, 4.69) is 24.5 Å². The summed E-state index contributed by atoms with van der Waals surface area (Å²) >= 11 is 0. The highest BCUT2D eigenvalue weighted by Crippen LogP contribution is 2.31. The number of rotatable bonds is 3. The quantitative estimate of drug-likeness (QED) is 0.821. The van der Waals surface area contributed by atoms with Crippen LogP contribution in [0.3, 0.4) is 0 Å². The summed E-state index contributed by atoms with van der Waals surface area (Å²) in [6.45, 7) is 6.17. The first-order valence-electron chi connectivity index (χ1n) is 5.93. The number of halogens is 1. The van der Waals surface area contributed by atoms with Crippen molar-refractivity contribution in [1.82, 2.24) is 5.32 Å². The number of hydrogen-bond acceptors (Lipinski definition) is 2. The molecule has 1 aromatic rings. The minimum absolute atomic E-state index is 0.142. The second kappa shape index (κ2) is 4.83. The van der Waals surface area contributed by atoms with E-state index in [-0.39, 0.29) is 5.82 Å². The Hall–Kier alpha value is -1.09. The molecule has 16 heavy (non-hydrogen) atoms. The Morgan fingerprint density at radius 3 is 3.06 bits per heavy atom. The van der Waals surface area contributed by atoms with Gasteiger partial charge in [-0.15, -0.1) is 0 Å². The van der Waals surface area contributed by atoms with Gasteiger partial charge in [-0.25, -0.2) is 4.39 Å². The highest BCUT2D eigenvalue weighted by molar-refractivity contribution is 5.55. The minimum Gasteiger partial charge on any atom is -0.385 e. The van der Waals surface area contributed by atoms with Gasteiger partial charge in [-0.3, -0.25) is 0 Å². The molecule has 0 aromatic heterocycles. The zero-order valence-corrected chi connectivity index (χ0v) is 9.89. The van der Waals surface area contributed by atoms with E-state index >= 15 is 0 Å². The average Bonchev–Trinajstić information content (AvgIpc) is 2.26. The van der Waals surface area contributed by atoms with Crippen LogP contribution in [0.5, 0.6) is 0 Å². The molecule has 0 saturated carbocycles. The molecule has 88 valence electrons. The summed E-state index contributed by atoms with van der Waals surface area (Å²) in [5, 5.41) is 6.74. The first-order chi connectivity index (χ1) is 7.66. The molecule has 1 atom stereocenters. The largest absolute Gasteiger partial charge is 0.385 e. The van der Waals surface area contributed by atoms with Gasteiger partial charge in [-0.2, -0.15) is 0 Å². The molecule has 1 aliphatic rings. The molecule has 2 rings (SSSR count). The molecule has 3 heteroatoms. The Morgan fingerprint density at radius 1 is 1.50 bits per heavy atom. The van der Waals surface area contributed by atoms with Gasteiger partial charge in [0.05, 0.1) is 0 Å². The third-order valence-corrected chi connectivity index (χ3v) is 3.03. The summed E-state index contributed by atoms with van der Waals surface area (Å²) in [4.78, 5) is 0. The number of benzene rings is 1. The van der Waals surface area contributed by atoms with E-state index in [1.165, 1.54) is 6.07 Å². The van der Waals surface area contributed by atoms with Crippen LogP contribution in [0.1, 0.15) is 31.7 Å². The fraction of sp³-hybridized carbons (Fsp3) is 0.538. The predicted molar refractivity (Wildman–Crippen MR) is 65.4 cm³/mol. The van der Waals surface area contributed by atoms with Crippen LogP contribution in [0.25, 0.3) is 0 Å². The van der Waals surface area contributed by atoms with E-state index in [4.69, 9.17) is 0 Å². The van der Waals surface area contributed by atoms with E-state index in [0.29, 0.717) is 12.0 Å². The normalized spacial score (nSPS) is 19.4. The molecule has 0 amide bonds. The van der Waals surface area contributed by atoms with E-state index < -0.39 is 0 Å². The van der Waals surface area contributed by atoms with Crippen molar-refractivity contribution in [2.45, 2.75) is 32.2 Å². The zero-order valence-electron chi connectivity index (χ0n) is 9.89. The van der Waals surface area contributed by atoms with Crippen molar-refractivity contribution >= 4 is 5.69 Å². The molecule has 2 N–H and O–H groups in total. The molecule has 1 aliphatic heterocycles. The van der Waals surface area contributed by atoms with Crippen molar-refractivity contribution in [3.8, 4) is 0 Å². The lowest BCUT2D eigenvalue weighted by Gasteiger charge is -2.27. The molecular formula is C13H19FN2. The van der Waals surface area contributed by atoms with Crippen LogP contribution in [0.4, 0.5) is 10.1 Å². The predicted octanol–water partition coefficient (Wildman–Crippen LogP) is 2.72. The van der Waals surface area contributed by atoms with Crippen LogP contribution in [0.15, 0.2) is 18.2 Å². The van der Waals surface area contributed by atoms with Gasteiger partial charge in [0.2, 0.25) is 0 Å². The van der Waals surface area contributed by atoms with Gasteiger partial charge in [0, 0.05) is 30.7 Å². The molecule has 1 aromatic carbocycles. The fourth-order valence-corrected chi connectivity index (χ4v) is 2.16. The van der Waals surface area contributed by atoms with E-state index in [9.17, 15) is 4.39 Å². The third kappa shape index (κ3) is 2.53. The lowest BCUT2D eigenvalue weighted by molar-refractivity contribution is 0.506. The Balaban J connectivity index is 2.15. The summed E-state index contributed by atoms with van der Waals surface area (Å²) < 4.78 is 13.2. The van der Waals surface area contributed by atoms with Crippen molar-refractivity contribution in [3.05, 3.63) is 29.6 Å². The summed E-state index contributed by atoms with van der Waals surface area (Å²) in [7, 11) is 0. The van der Waals surface area contributed by atoms with Crippen LogP contribution in [-0.4, -0.2) is 19.1 Å². The summed E-state index contributed by atoms with van der Waals surface area (Å²) in [6, 6.07) is 5.50. The molecule has 1 heterocycles. The van der Waals surface area contributed by atoms with Crippen LogP contribution in [0, 0.1) is 5.82 Å². The van der Waals surface area contributed by atoms with Gasteiger partial charge in [0.1, 0.15) is 5.82 Å². The molecule has 0 radical (unpaired) electrons. The average molecular weight is 222 g/mol. The maximum absolute atomic E-state index is 13.2. The lowest BCUT2D eigenvalue weighted by Crippen LogP contribution is -2.31. The SMILES string of the molecule is CC(C)NCC1CCNc2ccc(F)cc21. The van der Waals surface area contributed by atoms with Gasteiger partial charge in [0.25, 0.3) is 0 Å². The van der Waals surface area contributed by atoms with Crippen LogP contribution in [-0.2, 0) is 0 Å². The summed E-state index contributed by atoms with van der Waals surface area (Å²) in [5.41, 5.74) is 2.20. The first kappa shape index (κ1) is 11.4. The molecular weight excluding hydrogens is 203 g/mol. The summed E-state index contributed by atoms with van der Waals surface area (Å²) in [6.07, 6.45) is 1.07. The second-order valence-corrected chi connectivity index (χ2v) is 4.71. The Bertz CT molecular complexity index is 363. The van der Waals surface area contributed by atoms with Gasteiger partial charge in [-0.05, 0) is 30.2 Å². The molecule has 1 unspecified atom stereocenters. The van der Waals surface area contributed by atoms with Gasteiger partial charge in [0.15, 0.2) is 0 Å². The van der Waals surface area contributed by atoms with Gasteiger partial charge >= 0.3 is 0 Å². The van der Waals surface area contributed by atoms with Crippen molar-refractivity contribution in [1.29, 1.82) is 0 Å². The van der Waals surface area contributed by atoms with Crippen molar-refractivity contribution in [3.63, 3.8) is 0 Å². The zero-order chi connectivity index (χ0) is 11.5. The maximum Gasteiger partial charge on any atom is 0.123 e. The van der Waals surface area contributed by atoms with Crippen molar-refractivity contribution in [2.24, 2.45) is 0 Å². The monoisotopic (exact) mass is 222 g/mol. The maximum atomic E-state index is 13.2. The molecule has 0 fully saturated rings. The highest BCUT2D eigenvalue weighted by atomic mass is 19.1. The van der Waals surface area contributed by atoms with Crippen molar-refractivity contribution in [2.75, 3.05) is 18.4 Å². The highest BCUT2D eigenvalue weighted by Gasteiger charge is 2.20. The van der Waals surface area contributed by atoms with Gasteiger partial charge in [-0.1, -0.05) is 13.8 Å². The number of anilines is 1. The Kier molecular flexibility index (Phi) is 3.44. The Labute approximate surface area is 96.2 Å². The van der Waals surface area contributed by atoms with Gasteiger partial charge < -0.3 is 10.6 Å². The summed E-state index contributed by atoms with van der Waals surface area (Å²) in [5.74, 6) is 0.284. The van der Waals surface area contributed by atoms with Crippen LogP contribution >= 0.6 is 0 Å².